The summed E-state index contributed by atoms with van der Waals surface area (Å²) in [5, 5.41) is 11.5. The molecule has 1 aliphatic rings. The molecule has 154 valence electrons. The second-order valence-corrected chi connectivity index (χ2v) is 9.68. The Kier molecular flexibility index (Phi) is 4.81. The summed E-state index contributed by atoms with van der Waals surface area (Å²) in [5.41, 5.74) is 3.54. The van der Waals surface area contributed by atoms with Crippen molar-refractivity contribution < 1.29 is 17.6 Å². The Balaban J connectivity index is 1.51. The van der Waals surface area contributed by atoms with E-state index in [0.29, 0.717) is 30.1 Å². The summed E-state index contributed by atoms with van der Waals surface area (Å²) in [6.07, 6.45) is 2.13. The molecule has 0 aromatic carbocycles. The van der Waals surface area contributed by atoms with Gasteiger partial charge in [-0.15, -0.1) is 0 Å². The normalized spacial score (nSPS) is 18.2. The topological polar surface area (TPSA) is 114 Å². The molecule has 0 aliphatic carbocycles. The number of hydrogen-bond donors (Lipinski definition) is 1. The van der Waals surface area contributed by atoms with E-state index in [2.05, 4.69) is 15.3 Å². The number of H-pyrrole nitrogens is 1. The van der Waals surface area contributed by atoms with E-state index in [9.17, 15) is 13.2 Å². The van der Waals surface area contributed by atoms with Crippen LogP contribution in [0.1, 0.15) is 39.9 Å². The fourth-order valence-electron chi connectivity index (χ4n) is 3.74. The Labute approximate surface area is 168 Å². The minimum atomic E-state index is -3.00. The first-order valence-electron chi connectivity index (χ1n) is 9.35. The molecular weight excluding hydrogens is 394 g/mol. The number of rotatable bonds is 5. The van der Waals surface area contributed by atoms with Gasteiger partial charge in [-0.25, -0.2) is 8.42 Å². The molecule has 1 N–H and O–H groups in total. The first-order chi connectivity index (χ1) is 13.7. The maximum absolute atomic E-state index is 12.8. The summed E-state index contributed by atoms with van der Waals surface area (Å²) in [5.74, 6) is 0.695. The molecule has 0 unspecified atom stereocenters. The Bertz CT molecular complexity index is 1140. The van der Waals surface area contributed by atoms with Gasteiger partial charge < -0.3 is 9.32 Å². The number of aromatic nitrogens is 4. The van der Waals surface area contributed by atoms with Gasteiger partial charge >= 0.3 is 0 Å². The molecule has 0 spiro atoms. The summed E-state index contributed by atoms with van der Waals surface area (Å²) in [6, 6.07) is 5.07. The minimum absolute atomic E-state index is 0.117. The molecule has 0 bridgehead atoms. The van der Waals surface area contributed by atoms with Crippen LogP contribution < -0.4 is 0 Å². The number of sulfone groups is 1. The van der Waals surface area contributed by atoms with Crippen molar-refractivity contribution in [3.63, 3.8) is 0 Å². The van der Waals surface area contributed by atoms with Gasteiger partial charge in [-0.2, -0.15) is 10.2 Å². The Morgan fingerprint density at radius 3 is 2.86 bits per heavy atom. The molecule has 0 radical (unpaired) electrons. The Hall–Kier alpha value is -2.88. The third-order valence-corrected chi connectivity index (χ3v) is 7.11. The van der Waals surface area contributed by atoms with E-state index in [-0.39, 0.29) is 23.5 Å². The molecule has 1 aliphatic heterocycles. The molecular formula is C19H23N5O4S. The largest absolute Gasteiger partial charge is 0.463 e. The van der Waals surface area contributed by atoms with E-state index in [1.807, 2.05) is 13.8 Å². The lowest BCUT2D eigenvalue weighted by Gasteiger charge is -2.17. The molecule has 3 aromatic heterocycles. The van der Waals surface area contributed by atoms with E-state index in [1.54, 1.807) is 41.1 Å². The van der Waals surface area contributed by atoms with Crippen molar-refractivity contribution in [2.75, 3.05) is 18.6 Å². The van der Waals surface area contributed by atoms with Gasteiger partial charge in [0.2, 0.25) is 0 Å². The van der Waals surface area contributed by atoms with Crippen LogP contribution in [-0.4, -0.2) is 57.8 Å². The highest BCUT2D eigenvalue weighted by atomic mass is 32.2. The molecule has 9 nitrogen and oxygen atoms in total. The number of carbonyl (C=O) groups is 1. The van der Waals surface area contributed by atoms with Crippen molar-refractivity contribution in [3.05, 3.63) is 47.1 Å². The Morgan fingerprint density at radius 2 is 2.21 bits per heavy atom. The average molecular weight is 417 g/mol. The fourth-order valence-corrected chi connectivity index (χ4v) is 5.44. The molecule has 1 amide bonds. The molecule has 4 heterocycles. The number of nitrogens with zero attached hydrogens (tertiary/aromatic N) is 4. The number of aromatic amines is 1. The van der Waals surface area contributed by atoms with Crippen molar-refractivity contribution in [2.45, 2.75) is 32.9 Å². The van der Waals surface area contributed by atoms with Gasteiger partial charge in [-0.1, -0.05) is 0 Å². The van der Waals surface area contributed by atoms with Crippen LogP contribution in [0.5, 0.6) is 0 Å². The fraction of sp³-hybridized carbons (Fsp3) is 0.421. The molecule has 1 atom stereocenters. The van der Waals surface area contributed by atoms with E-state index in [1.165, 1.54) is 0 Å². The van der Waals surface area contributed by atoms with Gasteiger partial charge in [0.15, 0.2) is 21.3 Å². The van der Waals surface area contributed by atoms with Gasteiger partial charge in [0.05, 0.1) is 29.5 Å². The zero-order valence-corrected chi connectivity index (χ0v) is 17.4. The summed E-state index contributed by atoms with van der Waals surface area (Å²) < 4.78 is 30.8. The second-order valence-electron chi connectivity index (χ2n) is 7.46. The van der Waals surface area contributed by atoms with E-state index < -0.39 is 9.84 Å². The summed E-state index contributed by atoms with van der Waals surface area (Å²) in [6.45, 7) is 4.16. The van der Waals surface area contributed by atoms with Crippen LogP contribution in [0.4, 0.5) is 0 Å². The highest BCUT2D eigenvalue weighted by molar-refractivity contribution is 7.91. The lowest BCUT2D eigenvalue weighted by Crippen LogP contribution is -2.27. The highest BCUT2D eigenvalue weighted by Crippen LogP contribution is 2.27. The minimum Gasteiger partial charge on any atom is -0.463 e. The summed E-state index contributed by atoms with van der Waals surface area (Å²) >= 11 is 0. The molecule has 1 saturated heterocycles. The lowest BCUT2D eigenvalue weighted by atomic mass is 10.1. The van der Waals surface area contributed by atoms with Gasteiger partial charge in [0.1, 0.15) is 5.69 Å². The number of carbonyl (C=O) groups excluding carboxylic acids is 1. The van der Waals surface area contributed by atoms with Crippen LogP contribution in [0.3, 0.4) is 0 Å². The van der Waals surface area contributed by atoms with E-state index in [4.69, 9.17) is 4.42 Å². The zero-order valence-electron chi connectivity index (χ0n) is 16.5. The Morgan fingerprint density at radius 1 is 1.41 bits per heavy atom. The smallest absolute Gasteiger partial charge is 0.274 e. The van der Waals surface area contributed by atoms with Crippen LogP contribution in [0, 0.1) is 13.8 Å². The number of nitrogens with one attached hydrogen (secondary N) is 1. The number of furan rings is 1. The standard InChI is InChI=1S/C19H23N5O4S/c1-12-15(13(2)24(22-12)14-6-8-29(26,27)11-14)10-23(3)19(25)17-9-16(20-21-17)18-5-4-7-28-18/h4-5,7,9,14H,6,8,10-11H2,1-3H3,(H,20,21)/t14-/m0/s1. The van der Waals surface area contributed by atoms with Crippen molar-refractivity contribution in [1.29, 1.82) is 0 Å². The first kappa shape index (κ1) is 19.4. The van der Waals surface area contributed by atoms with Crippen LogP contribution in [0.25, 0.3) is 11.5 Å². The zero-order chi connectivity index (χ0) is 20.8. The maximum atomic E-state index is 12.8. The van der Waals surface area contributed by atoms with Crippen molar-refractivity contribution in [2.24, 2.45) is 0 Å². The number of amides is 1. The molecule has 1 fully saturated rings. The third kappa shape index (κ3) is 3.71. The van der Waals surface area contributed by atoms with Gasteiger partial charge in [-0.05, 0) is 32.4 Å². The van der Waals surface area contributed by atoms with Crippen LogP contribution >= 0.6 is 0 Å². The molecule has 3 aromatic rings. The summed E-state index contributed by atoms with van der Waals surface area (Å²) in [4.78, 5) is 14.4. The van der Waals surface area contributed by atoms with Gasteiger partial charge in [0, 0.05) is 30.9 Å². The molecule has 29 heavy (non-hydrogen) atoms. The predicted molar refractivity (Wildman–Crippen MR) is 106 cm³/mol. The average Bonchev–Trinajstić information content (AvgIpc) is 3.44. The molecule has 4 rings (SSSR count). The predicted octanol–water partition coefficient (Wildman–Crippen LogP) is 2.11. The van der Waals surface area contributed by atoms with Crippen LogP contribution in [0.15, 0.2) is 28.9 Å². The SMILES string of the molecule is Cc1nn([C@H]2CCS(=O)(=O)C2)c(C)c1CN(C)C(=O)c1cc(-c2ccco2)[nH]n1. The maximum Gasteiger partial charge on any atom is 0.274 e. The number of hydrogen-bond acceptors (Lipinski definition) is 6. The van der Waals surface area contributed by atoms with Crippen molar-refractivity contribution in [1.82, 2.24) is 24.9 Å². The summed E-state index contributed by atoms with van der Waals surface area (Å²) in [7, 11) is -1.29. The lowest BCUT2D eigenvalue weighted by molar-refractivity contribution is 0.0779. The monoisotopic (exact) mass is 417 g/mol. The van der Waals surface area contributed by atoms with Crippen molar-refractivity contribution in [3.8, 4) is 11.5 Å². The molecule has 0 saturated carbocycles. The number of aryl methyl sites for hydroxylation is 1. The molecule has 10 heteroatoms. The highest BCUT2D eigenvalue weighted by Gasteiger charge is 2.31. The quantitative estimate of drug-likeness (QED) is 0.680. The van der Waals surface area contributed by atoms with Crippen LogP contribution in [-0.2, 0) is 16.4 Å². The third-order valence-electron chi connectivity index (χ3n) is 5.35. The van der Waals surface area contributed by atoms with Gasteiger partial charge in [-0.3, -0.25) is 14.6 Å². The van der Waals surface area contributed by atoms with E-state index in [0.717, 1.165) is 17.0 Å². The van der Waals surface area contributed by atoms with Crippen molar-refractivity contribution >= 4 is 15.7 Å². The van der Waals surface area contributed by atoms with E-state index >= 15 is 0 Å². The van der Waals surface area contributed by atoms with Crippen LogP contribution in [0.2, 0.25) is 0 Å². The van der Waals surface area contributed by atoms with Gasteiger partial charge in [0.25, 0.3) is 5.91 Å². The second kappa shape index (κ2) is 7.18. The first-order valence-corrected chi connectivity index (χ1v) is 11.2.